The number of hydrogen-bond donors (Lipinski definition) is 1. The molecule has 1 aromatic carbocycles. The number of carbonyl (C=O) groups excluding carboxylic acids is 1. The van der Waals surface area contributed by atoms with Crippen molar-refractivity contribution in [3.8, 4) is 0 Å². The molecule has 1 aliphatic carbocycles. The van der Waals surface area contributed by atoms with Crippen LogP contribution in [0.4, 0.5) is 5.69 Å². The van der Waals surface area contributed by atoms with Gasteiger partial charge in [-0.05, 0) is 43.4 Å². The molecule has 0 aliphatic heterocycles. The van der Waals surface area contributed by atoms with Gasteiger partial charge >= 0.3 is 0 Å². The van der Waals surface area contributed by atoms with E-state index in [-0.39, 0.29) is 17.2 Å². The minimum Gasteiger partial charge on any atom is -0.324 e. The number of halogens is 2. The van der Waals surface area contributed by atoms with Gasteiger partial charge in [-0.1, -0.05) is 48.0 Å². The molecule has 9 heteroatoms. The van der Waals surface area contributed by atoms with Crippen LogP contribution in [0.1, 0.15) is 30.2 Å². The fourth-order valence-corrected chi connectivity index (χ4v) is 5.98. The molecule has 0 saturated carbocycles. The Kier molecular flexibility index (Phi) is 6.20. The number of aryl methyl sites for hydroxylation is 2. The van der Waals surface area contributed by atoms with Gasteiger partial charge in [0.05, 0.1) is 26.9 Å². The summed E-state index contributed by atoms with van der Waals surface area (Å²) in [5.74, 6) is -0.111. The molecule has 1 N–H and O–H groups in total. The molecule has 0 radical (unpaired) electrons. The number of amides is 1. The fourth-order valence-electron chi connectivity index (χ4n) is 3.51. The molecule has 0 unspecified atom stereocenters. The smallest absolute Gasteiger partial charge is 0.263 e. The van der Waals surface area contributed by atoms with Crippen molar-refractivity contribution in [3.63, 3.8) is 0 Å². The van der Waals surface area contributed by atoms with Crippen molar-refractivity contribution in [1.29, 1.82) is 0 Å². The van der Waals surface area contributed by atoms with E-state index in [4.69, 9.17) is 28.2 Å². The van der Waals surface area contributed by atoms with Crippen molar-refractivity contribution in [2.24, 2.45) is 0 Å². The number of thiophene rings is 1. The SMILES string of the molecule is CCCn1c(SCC(=O)Nc2cccc(Cl)c2Cl)nc2sc3c(c2c1=O)CCC3. The first kappa shape index (κ1) is 20.7. The second kappa shape index (κ2) is 8.68. The van der Waals surface area contributed by atoms with Gasteiger partial charge in [0.25, 0.3) is 5.56 Å². The molecule has 5 nitrogen and oxygen atoms in total. The van der Waals surface area contributed by atoms with Gasteiger partial charge in [-0.25, -0.2) is 4.98 Å². The van der Waals surface area contributed by atoms with Crippen LogP contribution in [-0.2, 0) is 24.2 Å². The first-order chi connectivity index (χ1) is 14.0. The number of thioether (sulfide) groups is 1. The third-order valence-corrected chi connectivity index (χ3v) is 7.78. The first-order valence-corrected chi connectivity index (χ1v) is 12.0. The summed E-state index contributed by atoms with van der Waals surface area (Å²) in [6.45, 7) is 2.60. The average Bonchev–Trinajstić information content (AvgIpc) is 3.27. The quantitative estimate of drug-likeness (QED) is 0.389. The van der Waals surface area contributed by atoms with Crippen molar-refractivity contribution < 1.29 is 4.79 Å². The maximum absolute atomic E-state index is 13.2. The number of rotatable bonds is 6. The van der Waals surface area contributed by atoms with Gasteiger partial charge in [-0.2, -0.15) is 0 Å². The molecule has 29 heavy (non-hydrogen) atoms. The predicted molar refractivity (Wildman–Crippen MR) is 122 cm³/mol. The van der Waals surface area contributed by atoms with Crippen LogP contribution < -0.4 is 10.9 Å². The molecular weight excluding hydrogens is 449 g/mol. The van der Waals surface area contributed by atoms with Crippen LogP contribution in [0.5, 0.6) is 0 Å². The molecule has 0 saturated heterocycles. The summed E-state index contributed by atoms with van der Waals surface area (Å²) in [5.41, 5.74) is 1.66. The molecule has 3 aromatic rings. The largest absolute Gasteiger partial charge is 0.324 e. The van der Waals surface area contributed by atoms with Crippen molar-refractivity contribution in [2.45, 2.75) is 44.3 Å². The Morgan fingerprint density at radius 2 is 2.17 bits per heavy atom. The van der Waals surface area contributed by atoms with Crippen LogP contribution in [0.25, 0.3) is 10.2 Å². The van der Waals surface area contributed by atoms with E-state index in [2.05, 4.69) is 5.32 Å². The molecule has 1 aliphatic rings. The van der Waals surface area contributed by atoms with Crippen molar-refractivity contribution in [1.82, 2.24) is 9.55 Å². The Morgan fingerprint density at radius 3 is 2.97 bits per heavy atom. The van der Waals surface area contributed by atoms with Crippen molar-refractivity contribution in [3.05, 3.63) is 49.0 Å². The summed E-state index contributed by atoms with van der Waals surface area (Å²) in [5, 5.41) is 4.81. The summed E-state index contributed by atoms with van der Waals surface area (Å²) in [4.78, 5) is 32.4. The van der Waals surface area contributed by atoms with Crippen LogP contribution >= 0.6 is 46.3 Å². The minimum atomic E-state index is -0.231. The fraction of sp³-hybridized carbons (Fsp3) is 0.350. The maximum atomic E-state index is 13.2. The number of anilines is 1. The molecule has 0 fully saturated rings. The standard InChI is InChI=1S/C20H19Cl2N3O2S2/c1-2-9-25-19(27)16-11-5-3-8-14(11)29-18(16)24-20(25)28-10-15(26)23-13-7-4-6-12(21)17(13)22/h4,6-7H,2-3,5,8-10H2,1H3,(H,23,26). The summed E-state index contributed by atoms with van der Waals surface area (Å²) in [7, 11) is 0. The van der Waals surface area contributed by atoms with Crippen LogP contribution in [0.3, 0.4) is 0 Å². The second-order valence-electron chi connectivity index (χ2n) is 6.83. The number of fused-ring (bicyclic) bond motifs is 3. The minimum absolute atomic E-state index is 0.0112. The molecule has 152 valence electrons. The highest BCUT2D eigenvalue weighted by atomic mass is 35.5. The summed E-state index contributed by atoms with van der Waals surface area (Å²) in [6, 6.07) is 5.08. The van der Waals surface area contributed by atoms with Crippen molar-refractivity contribution >= 4 is 68.1 Å². The van der Waals surface area contributed by atoms with E-state index in [1.54, 1.807) is 34.1 Å². The average molecular weight is 468 g/mol. The summed E-state index contributed by atoms with van der Waals surface area (Å²) >= 11 is 15.0. The Hall–Kier alpha value is -1.54. The van der Waals surface area contributed by atoms with E-state index in [0.717, 1.165) is 35.9 Å². The first-order valence-electron chi connectivity index (χ1n) is 9.41. The Balaban J connectivity index is 1.58. The normalized spacial score (nSPS) is 13.1. The zero-order valence-corrected chi connectivity index (χ0v) is 18.9. The lowest BCUT2D eigenvalue weighted by Crippen LogP contribution is -2.24. The van der Waals surface area contributed by atoms with Gasteiger partial charge in [0.15, 0.2) is 5.16 Å². The molecule has 0 bridgehead atoms. The van der Waals surface area contributed by atoms with Gasteiger partial charge in [0.1, 0.15) is 4.83 Å². The highest BCUT2D eigenvalue weighted by molar-refractivity contribution is 7.99. The molecule has 2 aromatic heterocycles. The highest BCUT2D eigenvalue weighted by Gasteiger charge is 2.23. The zero-order chi connectivity index (χ0) is 20.5. The third-order valence-electron chi connectivity index (χ3n) is 4.80. The van der Waals surface area contributed by atoms with E-state index < -0.39 is 0 Å². The molecule has 2 heterocycles. The van der Waals surface area contributed by atoms with Gasteiger partial charge < -0.3 is 5.32 Å². The number of nitrogens with one attached hydrogen (secondary N) is 1. The highest BCUT2D eigenvalue weighted by Crippen LogP contribution is 2.35. The maximum Gasteiger partial charge on any atom is 0.263 e. The topological polar surface area (TPSA) is 64.0 Å². The lowest BCUT2D eigenvalue weighted by molar-refractivity contribution is -0.113. The summed E-state index contributed by atoms with van der Waals surface area (Å²) in [6.07, 6.45) is 3.90. The molecule has 1 amide bonds. The van der Waals surface area contributed by atoms with E-state index >= 15 is 0 Å². The van der Waals surface area contributed by atoms with Gasteiger partial charge in [0, 0.05) is 11.4 Å². The molecule has 0 atom stereocenters. The van der Waals surface area contributed by atoms with Crippen molar-refractivity contribution in [2.75, 3.05) is 11.1 Å². The number of aromatic nitrogens is 2. The number of benzene rings is 1. The summed E-state index contributed by atoms with van der Waals surface area (Å²) < 4.78 is 1.71. The number of carbonyl (C=O) groups is 1. The van der Waals surface area contributed by atoms with E-state index in [0.29, 0.717) is 27.4 Å². The van der Waals surface area contributed by atoms with Gasteiger partial charge in [0.2, 0.25) is 5.91 Å². The lowest BCUT2D eigenvalue weighted by atomic mass is 10.2. The Bertz CT molecular complexity index is 1160. The van der Waals surface area contributed by atoms with Crippen LogP contribution in [0.15, 0.2) is 28.2 Å². The van der Waals surface area contributed by atoms with E-state index in [1.165, 1.54) is 22.2 Å². The zero-order valence-electron chi connectivity index (χ0n) is 15.8. The lowest BCUT2D eigenvalue weighted by Gasteiger charge is -2.12. The predicted octanol–water partition coefficient (Wildman–Crippen LogP) is 5.39. The third kappa shape index (κ3) is 4.06. The number of hydrogen-bond acceptors (Lipinski definition) is 5. The van der Waals surface area contributed by atoms with Gasteiger partial charge in [-0.3, -0.25) is 14.2 Å². The number of nitrogens with zero attached hydrogens (tertiary/aromatic N) is 2. The van der Waals surface area contributed by atoms with E-state index in [9.17, 15) is 9.59 Å². The monoisotopic (exact) mass is 467 g/mol. The Labute approximate surface area is 186 Å². The molecule has 0 spiro atoms. The van der Waals surface area contributed by atoms with E-state index in [1.807, 2.05) is 6.92 Å². The van der Waals surface area contributed by atoms with Gasteiger partial charge in [-0.15, -0.1) is 11.3 Å². The van der Waals surface area contributed by atoms with Crippen LogP contribution in [0.2, 0.25) is 10.0 Å². The molecule has 4 rings (SSSR count). The second-order valence-corrected chi connectivity index (χ2v) is 9.64. The Morgan fingerprint density at radius 1 is 1.34 bits per heavy atom. The molecular formula is C20H19Cl2N3O2S2. The van der Waals surface area contributed by atoms with Crippen LogP contribution in [0, 0.1) is 0 Å². The van der Waals surface area contributed by atoms with Crippen LogP contribution in [-0.4, -0.2) is 21.2 Å².